The predicted molar refractivity (Wildman–Crippen MR) is 86.3 cm³/mol. The predicted octanol–water partition coefficient (Wildman–Crippen LogP) is 3.24. The number of rotatable bonds is 5. The molecule has 0 fully saturated rings. The van der Waals surface area contributed by atoms with Gasteiger partial charge in [-0.1, -0.05) is 6.92 Å². The molecule has 1 aromatic heterocycles. The Labute approximate surface area is 138 Å². The molecule has 0 radical (unpaired) electrons. The summed E-state index contributed by atoms with van der Waals surface area (Å²) >= 11 is 0. The van der Waals surface area contributed by atoms with E-state index in [9.17, 15) is 12.8 Å². The van der Waals surface area contributed by atoms with Crippen molar-refractivity contribution in [1.29, 1.82) is 0 Å². The van der Waals surface area contributed by atoms with Crippen LogP contribution in [0.4, 0.5) is 10.1 Å². The summed E-state index contributed by atoms with van der Waals surface area (Å²) in [5.41, 5.74) is 1.06. The van der Waals surface area contributed by atoms with Crippen molar-refractivity contribution in [2.75, 3.05) is 4.72 Å². The van der Waals surface area contributed by atoms with Crippen molar-refractivity contribution in [3.8, 4) is 11.5 Å². The van der Waals surface area contributed by atoms with Gasteiger partial charge in [0.25, 0.3) is 10.0 Å². The van der Waals surface area contributed by atoms with Crippen LogP contribution in [0.1, 0.15) is 12.8 Å². The first kappa shape index (κ1) is 16.1. The fraction of sp³-hybridized carbons (Fsp3) is 0.125. The number of halogens is 1. The Kier molecular flexibility index (Phi) is 4.30. The van der Waals surface area contributed by atoms with Gasteiger partial charge in [-0.05, 0) is 48.5 Å². The van der Waals surface area contributed by atoms with Gasteiger partial charge in [0.2, 0.25) is 11.8 Å². The Morgan fingerprint density at radius 2 is 1.71 bits per heavy atom. The molecule has 0 amide bonds. The van der Waals surface area contributed by atoms with Crippen molar-refractivity contribution in [2.45, 2.75) is 18.2 Å². The molecule has 0 unspecified atom stereocenters. The zero-order chi connectivity index (χ0) is 17.2. The number of hydrogen-bond donors (Lipinski definition) is 1. The maximum absolute atomic E-state index is 12.9. The molecule has 8 heteroatoms. The smallest absolute Gasteiger partial charge is 0.261 e. The zero-order valence-electron chi connectivity index (χ0n) is 12.7. The second-order valence-electron chi connectivity index (χ2n) is 4.99. The molecule has 0 atom stereocenters. The highest BCUT2D eigenvalue weighted by Gasteiger charge is 2.14. The standard InChI is InChI=1S/C16H14FN3O3S/c1-2-15-18-19-16(23-15)11-3-7-13(8-4-11)20-24(21,22)14-9-5-12(17)6-10-14/h3-10,20H,2H2,1H3. The lowest BCUT2D eigenvalue weighted by Gasteiger charge is -2.08. The lowest BCUT2D eigenvalue weighted by Crippen LogP contribution is -2.12. The number of nitrogens with zero attached hydrogens (tertiary/aromatic N) is 2. The molecule has 0 aliphatic rings. The molecule has 0 bridgehead atoms. The molecule has 0 saturated carbocycles. The summed E-state index contributed by atoms with van der Waals surface area (Å²) in [6, 6.07) is 11.1. The minimum atomic E-state index is -3.78. The Hall–Kier alpha value is -2.74. The van der Waals surface area contributed by atoms with Crippen LogP contribution in [0.2, 0.25) is 0 Å². The highest BCUT2D eigenvalue weighted by Crippen LogP contribution is 2.22. The first-order valence-corrected chi connectivity index (χ1v) is 8.67. The Bertz CT molecular complexity index is 935. The van der Waals surface area contributed by atoms with Crippen molar-refractivity contribution < 1.29 is 17.2 Å². The highest BCUT2D eigenvalue weighted by atomic mass is 32.2. The number of sulfonamides is 1. The maximum atomic E-state index is 12.9. The van der Waals surface area contributed by atoms with Crippen LogP contribution in [0.3, 0.4) is 0 Å². The number of benzene rings is 2. The Balaban J connectivity index is 1.79. The van der Waals surface area contributed by atoms with Crippen LogP contribution in [0.5, 0.6) is 0 Å². The van der Waals surface area contributed by atoms with Crippen LogP contribution >= 0.6 is 0 Å². The highest BCUT2D eigenvalue weighted by molar-refractivity contribution is 7.92. The van der Waals surface area contributed by atoms with Crippen molar-refractivity contribution in [2.24, 2.45) is 0 Å². The molecule has 1 heterocycles. The molecule has 2 aromatic carbocycles. The van der Waals surface area contributed by atoms with Gasteiger partial charge in [-0.25, -0.2) is 12.8 Å². The quantitative estimate of drug-likeness (QED) is 0.766. The molecular weight excluding hydrogens is 333 g/mol. The minimum Gasteiger partial charge on any atom is -0.421 e. The fourth-order valence-corrected chi connectivity index (χ4v) is 3.08. The van der Waals surface area contributed by atoms with Gasteiger partial charge in [-0.2, -0.15) is 0 Å². The zero-order valence-corrected chi connectivity index (χ0v) is 13.5. The molecule has 24 heavy (non-hydrogen) atoms. The molecule has 0 aliphatic carbocycles. The van der Waals surface area contributed by atoms with Gasteiger partial charge >= 0.3 is 0 Å². The van der Waals surface area contributed by atoms with Crippen LogP contribution in [0, 0.1) is 5.82 Å². The number of aryl methyl sites for hydroxylation is 1. The van der Waals surface area contributed by atoms with E-state index in [0.717, 1.165) is 12.1 Å². The SMILES string of the molecule is CCc1nnc(-c2ccc(NS(=O)(=O)c3ccc(F)cc3)cc2)o1. The van der Waals surface area contributed by atoms with E-state index in [-0.39, 0.29) is 4.90 Å². The van der Waals surface area contributed by atoms with Crippen LogP contribution in [0.25, 0.3) is 11.5 Å². The van der Waals surface area contributed by atoms with Gasteiger partial charge in [0.15, 0.2) is 0 Å². The molecule has 0 aliphatic heterocycles. The van der Waals surface area contributed by atoms with E-state index in [4.69, 9.17) is 4.42 Å². The van der Waals surface area contributed by atoms with Crippen LogP contribution < -0.4 is 4.72 Å². The Morgan fingerprint density at radius 3 is 2.29 bits per heavy atom. The maximum Gasteiger partial charge on any atom is 0.261 e. The second kappa shape index (κ2) is 6.40. The number of hydrogen-bond acceptors (Lipinski definition) is 5. The number of aromatic nitrogens is 2. The van der Waals surface area contributed by atoms with Gasteiger partial charge in [0, 0.05) is 17.7 Å². The van der Waals surface area contributed by atoms with E-state index in [1.54, 1.807) is 24.3 Å². The first-order chi connectivity index (χ1) is 11.5. The van der Waals surface area contributed by atoms with Crippen molar-refractivity contribution in [1.82, 2.24) is 10.2 Å². The van der Waals surface area contributed by atoms with Gasteiger partial charge in [-0.15, -0.1) is 10.2 Å². The van der Waals surface area contributed by atoms with E-state index in [2.05, 4.69) is 14.9 Å². The summed E-state index contributed by atoms with van der Waals surface area (Å²) in [5, 5.41) is 7.81. The van der Waals surface area contributed by atoms with Gasteiger partial charge in [0.05, 0.1) is 4.90 Å². The third-order valence-electron chi connectivity index (χ3n) is 3.28. The molecule has 3 rings (SSSR count). The minimum absolute atomic E-state index is 0.0162. The topological polar surface area (TPSA) is 85.1 Å². The molecular formula is C16H14FN3O3S. The van der Waals surface area contributed by atoms with E-state index >= 15 is 0 Å². The summed E-state index contributed by atoms with van der Waals surface area (Å²) in [6.45, 7) is 1.91. The lowest BCUT2D eigenvalue weighted by molar-refractivity contribution is 0.513. The summed E-state index contributed by atoms with van der Waals surface area (Å²) in [4.78, 5) is -0.0162. The second-order valence-corrected chi connectivity index (χ2v) is 6.67. The lowest BCUT2D eigenvalue weighted by atomic mass is 10.2. The van der Waals surface area contributed by atoms with E-state index < -0.39 is 15.8 Å². The molecule has 1 N–H and O–H groups in total. The summed E-state index contributed by atoms with van der Waals surface area (Å²) in [7, 11) is -3.78. The first-order valence-electron chi connectivity index (χ1n) is 7.19. The molecule has 0 spiro atoms. The van der Waals surface area contributed by atoms with Crippen molar-refractivity contribution in [3.05, 3.63) is 60.2 Å². The number of anilines is 1. The van der Waals surface area contributed by atoms with Gasteiger partial charge < -0.3 is 4.42 Å². The third-order valence-corrected chi connectivity index (χ3v) is 4.67. The molecule has 0 saturated heterocycles. The fourth-order valence-electron chi connectivity index (χ4n) is 2.02. The normalized spacial score (nSPS) is 11.4. The number of nitrogens with one attached hydrogen (secondary N) is 1. The average Bonchev–Trinajstić information content (AvgIpc) is 3.05. The largest absolute Gasteiger partial charge is 0.421 e. The summed E-state index contributed by atoms with van der Waals surface area (Å²) in [5.74, 6) is 0.412. The third kappa shape index (κ3) is 3.43. The average molecular weight is 347 g/mol. The van der Waals surface area contributed by atoms with Crippen LogP contribution in [0.15, 0.2) is 57.8 Å². The van der Waals surface area contributed by atoms with Gasteiger partial charge in [0.1, 0.15) is 5.82 Å². The molecule has 124 valence electrons. The molecule has 3 aromatic rings. The van der Waals surface area contributed by atoms with Crippen molar-refractivity contribution >= 4 is 15.7 Å². The molecule has 6 nitrogen and oxygen atoms in total. The monoisotopic (exact) mass is 347 g/mol. The van der Waals surface area contributed by atoms with E-state index in [1.165, 1.54) is 12.1 Å². The van der Waals surface area contributed by atoms with Crippen LogP contribution in [-0.2, 0) is 16.4 Å². The summed E-state index contributed by atoms with van der Waals surface area (Å²) in [6.07, 6.45) is 0.641. The summed E-state index contributed by atoms with van der Waals surface area (Å²) < 4.78 is 45.2. The van der Waals surface area contributed by atoms with E-state index in [0.29, 0.717) is 29.5 Å². The van der Waals surface area contributed by atoms with Crippen molar-refractivity contribution in [3.63, 3.8) is 0 Å². The van der Waals surface area contributed by atoms with Gasteiger partial charge in [-0.3, -0.25) is 4.72 Å². The van der Waals surface area contributed by atoms with Crippen LogP contribution in [-0.4, -0.2) is 18.6 Å². The van der Waals surface area contributed by atoms with E-state index in [1.807, 2.05) is 6.92 Å². The Morgan fingerprint density at radius 1 is 1.04 bits per heavy atom.